The van der Waals surface area contributed by atoms with Crippen molar-refractivity contribution in [2.75, 3.05) is 57.5 Å². The zero-order valence-electron chi connectivity index (χ0n) is 19.9. The molecule has 4 heterocycles. The van der Waals surface area contributed by atoms with Crippen molar-refractivity contribution in [2.45, 2.75) is 38.0 Å². The van der Waals surface area contributed by atoms with Crippen molar-refractivity contribution in [3.8, 4) is 0 Å². The lowest BCUT2D eigenvalue weighted by molar-refractivity contribution is -0.192. The zero-order chi connectivity index (χ0) is 26.1. The highest BCUT2D eigenvalue weighted by molar-refractivity contribution is 5.83. The van der Waals surface area contributed by atoms with Crippen LogP contribution in [0, 0.1) is 11.3 Å². The van der Waals surface area contributed by atoms with E-state index in [1.54, 1.807) is 6.33 Å². The van der Waals surface area contributed by atoms with Gasteiger partial charge in [-0.25, -0.2) is 19.7 Å². The Hall–Kier alpha value is -2.55. The number of aromatic nitrogens is 4. The number of fused-ring (bicyclic) bond motifs is 1. The van der Waals surface area contributed by atoms with Gasteiger partial charge in [0.05, 0.1) is 32.8 Å². The van der Waals surface area contributed by atoms with Gasteiger partial charge in [-0.05, 0) is 18.8 Å². The van der Waals surface area contributed by atoms with Crippen molar-refractivity contribution < 1.29 is 38.0 Å². The average Bonchev–Trinajstić information content (AvgIpc) is 3.43. The first kappa shape index (κ1) is 26.5. The lowest BCUT2D eigenvalue weighted by atomic mass is 9.66. The number of hydrogen-bond acceptors (Lipinski definition) is 9. The summed E-state index contributed by atoms with van der Waals surface area (Å²) in [6.45, 7) is 7.87. The van der Waals surface area contributed by atoms with E-state index in [9.17, 15) is 23.4 Å². The van der Waals surface area contributed by atoms with Crippen LogP contribution in [0.1, 0.15) is 25.8 Å². The third-order valence-electron chi connectivity index (χ3n) is 7.37. The molecule has 2 saturated heterocycles. The van der Waals surface area contributed by atoms with Crippen LogP contribution in [0.4, 0.5) is 19.0 Å². The summed E-state index contributed by atoms with van der Waals surface area (Å²) in [6.07, 6.45) is -0.132. The molecule has 0 bridgehead atoms. The van der Waals surface area contributed by atoms with E-state index in [4.69, 9.17) is 14.6 Å². The van der Waals surface area contributed by atoms with Crippen molar-refractivity contribution in [3.05, 3.63) is 12.7 Å². The fourth-order valence-electron chi connectivity index (χ4n) is 5.29. The topological polar surface area (TPSA) is 137 Å². The normalized spacial score (nSPS) is 24.9. The van der Waals surface area contributed by atoms with E-state index in [2.05, 4.69) is 36.2 Å². The van der Waals surface area contributed by atoms with Gasteiger partial charge in [0.2, 0.25) is 0 Å². The summed E-state index contributed by atoms with van der Waals surface area (Å²) in [5, 5.41) is 26.3. The standard InChI is InChI=1S/C20H30N6O3.C2HF3O2/c1-14-8-25(9-16(14)24-2-4-29-5-3-24)18-17-19(22-12-21-18)26(13-23-17)15-6-20(7-15,10-27)11-28;3-2(4,5)1(6)7/h12-16,27-28H,2-11H2,1H3;(H,6,7). The largest absolute Gasteiger partial charge is 0.490 e. The monoisotopic (exact) mass is 516 g/mol. The van der Waals surface area contributed by atoms with Crippen LogP contribution in [-0.2, 0) is 9.53 Å². The number of imidazole rings is 1. The molecule has 0 amide bonds. The summed E-state index contributed by atoms with van der Waals surface area (Å²) in [7, 11) is 0. The summed E-state index contributed by atoms with van der Waals surface area (Å²) in [4.78, 5) is 27.6. The van der Waals surface area contributed by atoms with E-state index in [-0.39, 0.29) is 24.7 Å². The minimum Gasteiger partial charge on any atom is -0.475 e. The van der Waals surface area contributed by atoms with Crippen LogP contribution in [-0.4, -0.2) is 111 Å². The SMILES string of the molecule is CC1CN(c2ncnc3c2ncn3C2CC(CO)(CO)C2)CC1N1CCOCC1.O=C(O)C(F)(F)F. The Morgan fingerprint density at radius 3 is 2.36 bits per heavy atom. The number of nitrogens with zero attached hydrogens (tertiary/aromatic N) is 6. The number of carboxylic acids is 1. The van der Waals surface area contributed by atoms with E-state index in [1.165, 1.54) is 0 Å². The van der Waals surface area contributed by atoms with Gasteiger partial charge >= 0.3 is 12.1 Å². The molecule has 36 heavy (non-hydrogen) atoms. The number of aliphatic carboxylic acids is 1. The highest BCUT2D eigenvalue weighted by Crippen LogP contribution is 2.48. The summed E-state index contributed by atoms with van der Waals surface area (Å²) in [5.41, 5.74) is 1.31. The third-order valence-corrected chi connectivity index (χ3v) is 7.37. The molecule has 2 unspecified atom stereocenters. The first-order valence-electron chi connectivity index (χ1n) is 11.8. The second-order valence-electron chi connectivity index (χ2n) is 9.80. The highest BCUT2D eigenvalue weighted by atomic mass is 19.4. The molecule has 5 rings (SSSR count). The number of anilines is 1. The van der Waals surface area contributed by atoms with Gasteiger partial charge in [-0.2, -0.15) is 13.2 Å². The van der Waals surface area contributed by atoms with Crippen molar-refractivity contribution in [2.24, 2.45) is 11.3 Å². The van der Waals surface area contributed by atoms with E-state index in [1.807, 2.05) is 6.33 Å². The number of ether oxygens (including phenoxy) is 1. The van der Waals surface area contributed by atoms with Crippen LogP contribution in [0.25, 0.3) is 11.2 Å². The van der Waals surface area contributed by atoms with Gasteiger partial charge in [0, 0.05) is 43.7 Å². The van der Waals surface area contributed by atoms with E-state index < -0.39 is 12.1 Å². The van der Waals surface area contributed by atoms with Crippen molar-refractivity contribution in [1.29, 1.82) is 0 Å². The molecule has 2 aromatic heterocycles. The van der Waals surface area contributed by atoms with Crippen LogP contribution in [0.3, 0.4) is 0 Å². The molecule has 0 aromatic carbocycles. The third kappa shape index (κ3) is 5.26. The van der Waals surface area contributed by atoms with Gasteiger partial charge in [-0.15, -0.1) is 0 Å². The smallest absolute Gasteiger partial charge is 0.475 e. The highest BCUT2D eigenvalue weighted by Gasteiger charge is 2.45. The quantitative estimate of drug-likeness (QED) is 0.526. The fourth-order valence-corrected chi connectivity index (χ4v) is 5.29. The Kier molecular flexibility index (Phi) is 7.69. The molecular weight excluding hydrogens is 485 g/mol. The molecule has 14 heteroatoms. The van der Waals surface area contributed by atoms with Crippen LogP contribution in [0.5, 0.6) is 0 Å². The van der Waals surface area contributed by atoms with Crippen molar-refractivity contribution in [1.82, 2.24) is 24.4 Å². The Labute approximate surface area is 205 Å². The summed E-state index contributed by atoms with van der Waals surface area (Å²) < 4.78 is 39.3. The molecular formula is C22H31F3N6O5. The lowest BCUT2D eigenvalue weighted by Gasteiger charge is -2.45. The van der Waals surface area contributed by atoms with Gasteiger partial charge in [-0.3, -0.25) is 4.90 Å². The number of morpholine rings is 1. The predicted octanol–water partition coefficient (Wildman–Crippen LogP) is 0.922. The van der Waals surface area contributed by atoms with Gasteiger partial charge in [0.1, 0.15) is 6.33 Å². The molecule has 3 fully saturated rings. The zero-order valence-corrected chi connectivity index (χ0v) is 19.9. The second-order valence-corrected chi connectivity index (χ2v) is 9.80. The number of alkyl halides is 3. The van der Waals surface area contributed by atoms with Crippen LogP contribution >= 0.6 is 0 Å². The Morgan fingerprint density at radius 1 is 1.14 bits per heavy atom. The molecule has 3 aliphatic rings. The first-order chi connectivity index (χ1) is 17.1. The number of carboxylic acid groups (broad SMARTS) is 1. The minimum absolute atomic E-state index is 0.0153. The molecule has 3 N–H and O–H groups in total. The number of carbonyl (C=O) groups is 1. The van der Waals surface area contributed by atoms with Gasteiger partial charge in [-0.1, -0.05) is 6.92 Å². The molecule has 2 aromatic rings. The summed E-state index contributed by atoms with van der Waals surface area (Å²) >= 11 is 0. The molecule has 0 spiro atoms. The molecule has 200 valence electrons. The maximum Gasteiger partial charge on any atom is 0.490 e. The van der Waals surface area contributed by atoms with Crippen LogP contribution < -0.4 is 4.90 Å². The molecule has 0 radical (unpaired) electrons. The molecule has 2 atom stereocenters. The van der Waals surface area contributed by atoms with E-state index in [0.29, 0.717) is 12.0 Å². The Morgan fingerprint density at radius 2 is 1.78 bits per heavy atom. The van der Waals surface area contributed by atoms with E-state index >= 15 is 0 Å². The maximum absolute atomic E-state index is 10.6. The molecule has 2 aliphatic heterocycles. The Balaban J connectivity index is 0.000000384. The number of rotatable bonds is 5. The second kappa shape index (κ2) is 10.4. The van der Waals surface area contributed by atoms with Crippen LogP contribution in [0.2, 0.25) is 0 Å². The van der Waals surface area contributed by atoms with Gasteiger partial charge < -0.3 is 29.5 Å². The number of halogens is 3. The predicted molar refractivity (Wildman–Crippen MR) is 121 cm³/mol. The number of hydrogen-bond donors (Lipinski definition) is 3. The lowest BCUT2D eigenvalue weighted by Crippen LogP contribution is -2.46. The average molecular weight is 517 g/mol. The number of aliphatic hydroxyl groups excluding tert-OH is 2. The maximum atomic E-state index is 10.6. The molecule has 1 saturated carbocycles. The van der Waals surface area contributed by atoms with Crippen molar-refractivity contribution in [3.63, 3.8) is 0 Å². The van der Waals surface area contributed by atoms with Crippen molar-refractivity contribution >= 4 is 23.0 Å². The molecule has 11 nitrogen and oxygen atoms in total. The van der Waals surface area contributed by atoms with Crippen LogP contribution in [0.15, 0.2) is 12.7 Å². The fraction of sp³-hybridized carbons (Fsp3) is 0.727. The molecule has 1 aliphatic carbocycles. The number of aliphatic hydroxyl groups is 2. The van der Waals surface area contributed by atoms with Gasteiger partial charge in [0.25, 0.3) is 0 Å². The van der Waals surface area contributed by atoms with Gasteiger partial charge in [0.15, 0.2) is 17.0 Å². The first-order valence-corrected chi connectivity index (χ1v) is 11.8. The Bertz CT molecular complexity index is 1050. The summed E-state index contributed by atoms with van der Waals surface area (Å²) in [5.74, 6) is -1.29. The van der Waals surface area contributed by atoms with E-state index in [0.717, 1.165) is 69.2 Å². The minimum atomic E-state index is -5.08. The summed E-state index contributed by atoms with van der Waals surface area (Å²) in [6, 6.07) is 0.716.